The fraction of sp³-hybridized carbons (Fsp3) is 0.538. The third kappa shape index (κ3) is 2.96. The SMILES string of the molecule is Oc1cccc(CC2CCC(O)CC2)c1. The molecule has 0 atom stereocenters. The first kappa shape index (κ1) is 10.5. The Morgan fingerprint density at radius 2 is 1.87 bits per heavy atom. The molecule has 2 nitrogen and oxygen atoms in total. The number of benzene rings is 1. The standard InChI is InChI=1S/C13H18O2/c14-12-6-4-10(5-7-12)8-11-2-1-3-13(15)9-11/h1-3,9-10,12,14-15H,4-8H2. The summed E-state index contributed by atoms with van der Waals surface area (Å²) in [5.74, 6) is 1.03. The number of rotatable bonds is 2. The second-order valence-corrected chi connectivity index (χ2v) is 4.55. The summed E-state index contributed by atoms with van der Waals surface area (Å²) >= 11 is 0. The van der Waals surface area contributed by atoms with Crippen molar-refractivity contribution in [3.05, 3.63) is 29.8 Å². The molecule has 0 amide bonds. The quantitative estimate of drug-likeness (QED) is 0.780. The molecule has 0 unspecified atom stereocenters. The molecule has 1 aliphatic carbocycles. The molecule has 1 saturated carbocycles. The Morgan fingerprint density at radius 3 is 2.53 bits per heavy atom. The van der Waals surface area contributed by atoms with Gasteiger partial charge in [-0.25, -0.2) is 0 Å². The van der Waals surface area contributed by atoms with Crippen molar-refractivity contribution in [2.24, 2.45) is 5.92 Å². The molecule has 1 fully saturated rings. The molecule has 0 aliphatic heterocycles. The lowest BCUT2D eigenvalue weighted by Gasteiger charge is -2.25. The molecule has 15 heavy (non-hydrogen) atoms. The van der Waals surface area contributed by atoms with Gasteiger partial charge >= 0.3 is 0 Å². The van der Waals surface area contributed by atoms with Crippen molar-refractivity contribution in [2.45, 2.75) is 38.2 Å². The van der Waals surface area contributed by atoms with E-state index in [0.29, 0.717) is 11.7 Å². The normalized spacial score (nSPS) is 26.5. The number of aliphatic hydroxyl groups excluding tert-OH is 1. The van der Waals surface area contributed by atoms with Gasteiger partial charge in [0.25, 0.3) is 0 Å². The molecule has 0 radical (unpaired) electrons. The minimum Gasteiger partial charge on any atom is -0.508 e. The van der Waals surface area contributed by atoms with Crippen LogP contribution in [0, 0.1) is 5.92 Å². The van der Waals surface area contributed by atoms with Crippen molar-refractivity contribution in [1.82, 2.24) is 0 Å². The van der Waals surface area contributed by atoms with E-state index in [1.165, 1.54) is 5.56 Å². The van der Waals surface area contributed by atoms with Gasteiger partial charge in [0.05, 0.1) is 6.10 Å². The smallest absolute Gasteiger partial charge is 0.115 e. The molecule has 0 saturated heterocycles. The van der Waals surface area contributed by atoms with Gasteiger partial charge in [0.15, 0.2) is 0 Å². The summed E-state index contributed by atoms with van der Waals surface area (Å²) in [7, 11) is 0. The van der Waals surface area contributed by atoms with Crippen LogP contribution in [0.1, 0.15) is 31.2 Å². The van der Waals surface area contributed by atoms with E-state index in [-0.39, 0.29) is 6.10 Å². The van der Waals surface area contributed by atoms with Gasteiger partial charge in [0, 0.05) is 0 Å². The van der Waals surface area contributed by atoms with Crippen molar-refractivity contribution in [2.75, 3.05) is 0 Å². The molecule has 2 N–H and O–H groups in total. The largest absolute Gasteiger partial charge is 0.508 e. The molecule has 82 valence electrons. The minimum atomic E-state index is -0.0783. The lowest BCUT2D eigenvalue weighted by molar-refractivity contribution is 0.108. The molecule has 2 rings (SSSR count). The van der Waals surface area contributed by atoms with Gasteiger partial charge in [-0.05, 0) is 55.7 Å². The first-order valence-electron chi connectivity index (χ1n) is 5.70. The molecule has 2 heteroatoms. The summed E-state index contributed by atoms with van der Waals surface area (Å²) in [6.07, 6.45) is 5.03. The van der Waals surface area contributed by atoms with Crippen LogP contribution in [0.25, 0.3) is 0 Å². The van der Waals surface area contributed by atoms with E-state index in [0.717, 1.165) is 32.1 Å². The summed E-state index contributed by atoms with van der Waals surface area (Å²) in [4.78, 5) is 0. The third-order valence-electron chi connectivity index (χ3n) is 3.25. The highest BCUT2D eigenvalue weighted by molar-refractivity contribution is 5.27. The minimum absolute atomic E-state index is 0.0783. The van der Waals surface area contributed by atoms with Gasteiger partial charge in [-0.1, -0.05) is 12.1 Å². The van der Waals surface area contributed by atoms with Crippen LogP contribution in [0.15, 0.2) is 24.3 Å². The fourth-order valence-corrected chi connectivity index (χ4v) is 2.37. The summed E-state index contributed by atoms with van der Waals surface area (Å²) < 4.78 is 0. The van der Waals surface area contributed by atoms with Gasteiger partial charge in [-0.3, -0.25) is 0 Å². The lowest BCUT2D eigenvalue weighted by atomic mass is 9.83. The highest BCUT2D eigenvalue weighted by atomic mass is 16.3. The summed E-state index contributed by atoms with van der Waals surface area (Å²) in [6, 6.07) is 7.49. The van der Waals surface area contributed by atoms with Crippen LogP contribution in [-0.4, -0.2) is 16.3 Å². The number of phenolic OH excluding ortho intramolecular Hbond substituents is 1. The first-order valence-corrected chi connectivity index (χ1v) is 5.70. The van der Waals surface area contributed by atoms with E-state index < -0.39 is 0 Å². The van der Waals surface area contributed by atoms with E-state index in [1.54, 1.807) is 6.07 Å². The van der Waals surface area contributed by atoms with Crippen LogP contribution < -0.4 is 0 Å². The van der Waals surface area contributed by atoms with Crippen LogP contribution in [-0.2, 0) is 6.42 Å². The number of hydrogen-bond acceptors (Lipinski definition) is 2. The van der Waals surface area contributed by atoms with Crippen molar-refractivity contribution >= 4 is 0 Å². The third-order valence-corrected chi connectivity index (χ3v) is 3.25. The van der Waals surface area contributed by atoms with Crippen molar-refractivity contribution < 1.29 is 10.2 Å². The Bertz CT molecular complexity index is 314. The monoisotopic (exact) mass is 206 g/mol. The lowest BCUT2D eigenvalue weighted by Crippen LogP contribution is -2.19. The Balaban J connectivity index is 1.92. The zero-order valence-electron chi connectivity index (χ0n) is 8.89. The molecule has 0 spiro atoms. The molecule has 1 aromatic carbocycles. The average Bonchev–Trinajstić information content (AvgIpc) is 2.22. The predicted molar refractivity (Wildman–Crippen MR) is 59.8 cm³/mol. The van der Waals surface area contributed by atoms with E-state index >= 15 is 0 Å². The highest BCUT2D eigenvalue weighted by Gasteiger charge is 2.19. The van der Waals surface area contributed by atoms with E-state index in [4.69, 9.17) is 0 Å². The van der Waals surface area contributed by atoms with Crippen molar-refractivity contribution in [3.63, 3.8) is 0 Å². The van der Waals surface area contributed by atoms with Crippen LogP contribution >= 0.6 is 0 Å². The Hall–Kier alpha value is -1.02. The maximum atomic E-state index is 9.40. The zero-order valence-corrected chi connectivity index (χ0v) is 8.89. The average molecular weight is 206 g/mol. The Kier molecular flexibility index (Phi) is 3.27. The molecular weight excluding hydrogens is 188 g/mol. The summed E-state index contributed by atoms with van der Waals surface area (Å²) in [6.45, 7) is 0. The summed E-state index contributed by atoms with van der Waals surface area (Å²) in [5.41, 5.74) is 1.20. The maximum Gasteiger partial charge on any atom is 0.115 e. The predicted octanol–water partition coefficient (Wildman–Crippen LogP) is 2.49. The molecule has 1 aliphatic rings. The van der Waals surface area contributed by atoms with Crippen LogP contribution in [0.4, 0.5) is 0 Å². The van der Waals surface area contributed by atoms with Gasteiger partial charge in [0.1, 0.15) is 5.75 Å². The molecule has 0 heterocycles. The molecular formula is C13H18O2. The number of aromatic hydroxyl groups is 1. The van der Waals surface area contributed by atoms with Gasteiger partial charge < -0.3 is 10.2 Å². The number of aliphatic hydroxyl groups is 1. The zero-order chi connectivity index (χ0) is 10.7. The molecule has 1 aromatic rings. The van der Waals surface area contributed by atoms with Crippen LogP contribution in [0.2, 0.25) is 0 Å². The first-order chi connectivity index (χ1) is 7.24. The van der Waals surface area contributed by atoms with Crippen LogP contribution in [0.5, 0.6) is 5.75 Å². The van der Waals surface area contributed by atoms with E-state index in [9.17, 15) is 10.2 Å². The molecule has 0 bridgehead atoms. The summed E-state index contributed by atoms with van der Waals surface area (Å²) in [5, 5.41) is 18.7. The van der Waals surface area contributed by atoms with Gasteiger partial charge in [-0.15, -0.1) is 0 Å². The van der Waals surface area contributed by atoms with Gasteiger partial charge in [-0.2, -0.15) is 0 Å². The van der Waals surface area contributed by atoms with E-state index in [2.05, 4.69) is 6.07 Å². The second kappa shape index (κ2) is 4.67. The topological polar surface area (TPSA) is 40.5 Å². The number of phenols is 1. The Morgan fingerprint density at radius 1 is 1.13 bits per heavy atom. The second-order valence-electron chi connectivity index (χ2n) is 4.55. The molecule has 0 aromatic heterocycles. The van der Waals surface area contributed by atoms with E-state index in [1.807, 2.05) is 12.1 Å². The highest BCUT2D eigenvalue weighted by Crippen LogP contribution is 2.27. The fourth-order valence-electron chi connectivity index (χ4n) is 2.37. The van der Waals surface area contributed by atoms with Crippen molar-refractivity contribution in [3.8, 4) is 5.75 Å². The number of hydrogen-bond donors (Lipinski definition) is 2. The van der Waals surface area contributed by atoms with Crippen LogP contribution in [0.3, 0.4) is 0 Å². The van der Waals surface area contributed by atoms with Gasteiger partial charge in [0.2, 0.25) is 0 Å². The Labute approximate surface area is 90.6 Å². The van der Waals surface area contributed by atoms with Crippen molar-refractivity contribution in [1.29, 1.82) is 0 Å². The maximum absolute atomic E-state index is 9.40.